The van der Waals surface area contributed by atoms with Crippen LogP contribution in [0.3, 0.4) is 0 Å². The van der Waals surface area contributed by atoms with Crippen LogP contribution in [0, 0.1) is 0 Å². The molecule has 0 bridgehead atoms. The number of halogens is 1. The summed E-state index contributed by atoms with van der Waals surface area (Å²) in [4.78, 5) is 28.1. The molecule has 0 aliphatic rings. The van der Waals surface area contributed by atoms with Gasteiger partial charge in [0.2, 0.25) is 0 Å². The van der Waals surface area contributed by atoms with E-state index in [0.29, 0.717) is 16.5 Å². The van der Waals surface area contributed by atoms with E-state index in [9.17, 15) is 9.59 Å². The number of thiophene rings is 1. The maximum Gasteiger partial charge on any atom is 0.303 e. The van der Waals surface area contributed by atoms with Gasteiger partial charge in [0.05, 0.1) is 9.21 Å². The molecule has 0 fully saturated rings. The van der Waals surface area contributed by atoms with Gasteiger partial charge in [-0.3, -0.25) is 9.59 Å². The fourth-order valence-electron chi connectivity index (χ4n) is 1.77. The minimum Gasteiger partial charge on any atom is -0.481 e. The largest absolute Gasteiger partial charge is 0.481 e. The van der Waals surface area contributed by atoms with E-state index in [1.165, 1.54) is 22.7 Å². The van der Waals surface area contributed by atoms with Crippen molar-refractivity contribution in [2.45, 2.75) is 32.2 Å². The number of aromatic nitrogens is 1. The normalized spacial score (nSPS) is 11.4. The molecule has 5 nitrogen and oxygen atoms in total. The molecule has 2 aromatic heterocycles. The summed E-state index contributed by atoms with van der Waals surface area (Å²) in [5.74, 6) is -1.19. The van der Waals surface area contributed by atoms with E-state index in [1.807, 2.05) is 6.07 Å². The molecule has 0 saturated carbocycles. The highest BCUT2D eigenvalue weighted by Crippen LogP contribution is 2.33. The van der Waals surface area contributed by atoms with Crippen molar-refractivity contribution in [3.05, 3.63) is 27.5 Å². The highest BCUT2D eigenvalue weighted by molar-refractivity contribution is 7.23. The van der Waals surface area contributed by atoms with Crippen LogP contribution in [-0.2, 0) is 4.79 Å². The number of amides is 1. The Morgan fingerprint density at radius 2 is 2.14 bits per heavy atom. The molecule has 8 heteroatoms. The number of thiazole rings is 1. The first-order valence-corrected chi connectivity index (χ1v) is 8.60. The van der Waals surface area contributed by atoms with Crippen LogP contribution in [0.1, 0.15) is 37.2 Å². The highest BCUT2D eigenvalue weighted by Gasteiger charge is 2.23. The third-order valence-electron chi connectivity index (χ3n) is 2.94. The highest BCUT2D eigenvalue weighted by atomic mass is 35.5. The number of carbonyl (C=O) groups excluding carboxylic acids is 1. The van der Waals surface area contributed by atoms with Gasteiger partial charge in [0.1, 0.15) is 10.7 Å². The Kier molecular flexibility index (Phi) is 5.20. The maximum absolute atomic E-state index is 12.2. The standard InChI is InChI=1S/C14H15ClN2O3S2/c1-14(2,6-5-11(18)19)17-12(20)8-7-21-13(16-8)9-3-4-10(15)22-9/h3-4,7H,5-6H2,1-2H3,(H,17,20)(H,18,19). The zero-order valence-corrected chi connectivity index (χ0v) is 14.4. The maximum atomic E-state index is 12.2. The van der Waals surface area contributed by atoms with Crippen molar-refractivity contribution in [1.82, 2.24) is 10.3 Å². The van der Waals surface area contributed by atoms with Gasteiger partial charge in [-0.2, -0.15) is 0 Å². The number of hydrogen-bond acceptors (Lipinski definition) is 5. The van der Waals surface area contributed by atoms with Crippen molar-refractivity contribution in [2.24, 2.45) is 0 Å². The Hall–Kier alpha value is -1.44. The van der Waals surface area contributed by atoms with Crippen LogP contribution in [0.15, 0.2) is 17.5 Å². The Bertz CT molecular complexity index is 694. The second kappa shape index (κ2) is 6.76. The monoisotopic (exact) mass is 358 g/mol. The number of aliphatic carboxylic acids is 1. The van der Waals surface area contributed by atoms with Crippen LogP contribution in [0.5, 0.6) is 0 Å². The zero-order chi connectivity index (χ0) is 16.3. The van der Waals surface area contributed by atoms with Gasteiger partial charge in [-0.15, -0.1) is 22.7 Å². The Balaban J connectivity index is 2.04. The van der Waals surface area contributed by atoms with Gasteiger partial charge in [0, 0.05) is 17.3 Å². The molecule has 0 radical (unpaired) electrons. The van der Waals surface area contributed by atoms with Gasteiger partial charge in [0.25, 0.3) is 5.91 Å². The molecule has 2 rings (SSSR count). The molecule has 1 amide bonds. The lowest BCUT2D eigenvalue weighted by Crippen LogP contribution is -2.43. The molecular weight excluding hydrogens is 344 g/mol. The van der Waals surface area contributed by atoms with Crippen molar-refractivity contribution >= 4 is 46.2 Å². The van der Waals surface area contributed by atoms with Crippen molar-refractivity contribution in [1.29, 1.82) is 0 Å². The molecule has 0 aliphatic carbocycles. The van der Waals surface area contributed by atoms with Crippen LogP contribution in [0.25, 0.3) is 9.88 Å². The molecular formula is C14H15ClN2O3S2. The summed E-state index contributed by atoms with van der Waals surface area (Å²) < 4.78 is 0.672. The predicted molar refractivity (Wildman–Crippen MR) is 88.9 cm³/mol. The van der Waals surface area contributed by atoms with Crippen LogP contribution >= 0.6 is 34.3 Å². The van der Waals surface area contributed by atoms with E-state index in [1.54, 1.807) is 25.3 Å². The first-order chi connectivity index (χ1) is 10.3. The van der Waals surface area contributed by atoms with Crippen LogP contribution in [0.4, 0.5) is 0 Å². The Labute approximate surface area is 141 Å². The summed E-state index contributed by atoms with van der Waals surface area (Å²) in [6, 6.07) is 3.65. The SMILES string of the molecule is CC(C)(CCC(=O)O)NC(=O)c1csc(-c2ccc(Cl)s2)n1. The number of carboxylic acids is 1. The van der Waals surface area contributed by atoms with E-state index >= 15 is 0 Å². The number of rotatable bonds is 6. The minimum atomic E-state index is -0.882. The van der Waals surface area contributed by atoms with E-state index in [2.05, 4.69) is 10.3 Å². The minimum absolute atomic E-state index is 0.00326. The van der Waals surface area contributed by atoms with Gasteiger partial charge in [-0.25, -0.2) is 4.98 Å². The van der Waals surface area contributed by atoms with Crippen LogP contribution in [0.2, 0.25) is 4.34 Å². The van der Waals surface area contributed by atoms with E-state index in [4.69, 9.17) is 16.7 Å². The lowest BCUT2D eigenvalue weighted by molar-refractivity contribution is -0.137. The third-order valence-corrected chi connectivity index (χ3v) is 5.18. The average Bonchev–Trinajstić information content (AvgIpc) is 3.04. The number of hydrogen-bond donors (Lipinski definition) is 2. The van der Waals surface area contributed by atoms with E-state index < -0.39 is 11.5 Å². The molecule has 0 unspecified atom stereocenters. The summed E-state index contributed by atoms with van der Waals surface area (Å²) in [6.45, 7) is 3.58. The van der Waals surface area contributed by atoms with Gasteiger partial charge in [0.15, 0.2) is 0 Å². The van der Waals surface area contributed by atoms with Crippen molar-refractivity contribution in [2.75, 3.05) is 0 Å². The second-order valence-corrected chi connectivity index (χ2v) is 7.95. The van der Waals surface area contributed by atoms with Gasteiger partial charge in [-0.05, 0) is 32.4 Å². The summed E-state index contributed by atoms with van der Waals surface area (Å²) in [7, 11) is 0. The summed E-state index contributed by atoms with van der Waals surface area (Å²) in [5, 5.41) is 14.0. The Morgan fingerprint density at radius 1 is 1.41 bits per heavy atom. The number of nitrogens with zero attached hydrogens (tertiary/aromatic N) is 1. The fourth-order valence-corrected chi connectivity index (χ4v) is 3.69. The molecule has 22 heavy (non-hydrogen) atoms. The van der Waals surface area contributed by atoms with E-state index in [0.717, 1.165) is 9.88 Å². The fraction of sp³-hybridized carbons (Fsp3) is 0.357. The molecule has 2 heterocycles. The van der Waals surface area contributed by atoms with Crippen molar-refractivity contribution in [3.8, 4) is 9.88 Å². The molecule has 0 aromatic carbocycles. The van der Waals surface area contributed by atoms with Gasteiger partial charge < -0.3 is 10.4 Å². The van der Waals surface area contributed by atoms with Crippen molar-refractivity contribution < 1.29 is 14.7 Å². The molecule has 2 aromatic rings. The lowest BCUT2D eigenvalue weighted by atomic mass is 9.98. The number of nitrogens with one attached hydrogen (secondary N) is 1. The molecule has 2 N–H and O–H groups in total. The first-order valence-electron chi connectivity index (χ1n) is 6.52. The molecule has 0 spiro atoms. The molecule has 0 aliphatic heterocycles. The summed E-state index contributed by atoms with van der Waals surface area (Å²) in [5.41, 5.74) is -0.279. The van der Waals surface area contributed by atoms with Gasteiger partial charge in [-0.1, -0.05) is 11.6 Å². The molecule has 0 saturated heterocycles. The van der Waals surface area contributed by atoms with Crippen LogP contribution in [-0.4, -0.2) is 27.5 Å². The third kappa shape index (κ3) is 4.53. The predicted octanol–water partition coefficient (Wildman–Crippen LogP) is 3.90. The molecule has 0 atom stereocenters. The average molecular weight is 359 g/mol. The van der Waals surface area contributed by atoms with Crippen molar-refractivity contribution in [3.63, 3.8) is 0 Å². The second-order valence-electron chi connectivity index (χ2n) is 5.37. The smallest absolute Gasteiger partial charge is 0.303 e. The summed E-state index contributed by atoms with van der Waals surface area (Å²) in [6.07, 6.45) is 0.356. The topological polar surface area (TPSA) is 79.3 Å². The van der Waals surface area contributed by atoms with E-state index in [-0.39, 0.29) is 12.3 Å². The zero-order valence-electron chi connectivity index (χ0n) is 12.1. The van der Waals surface area contributed by atoms with Gasteiger partial charge >= 0.3 is 5.97 Å². The molecule has 118 valence electrons. The quantitative estimate of drug-likeness (QED) is 0.820. The summed E-state index contributed by atoms with van der Waals surface area (Å²) >= 11 is 8.68. The lowest BCUT2D eigenvalue weighted by Gasteiger charge is -2.25. The van der Waals surface area contributed by atoms with Crippen LogP contribution < -0.4 is 5.32 Å². The number of carbonyl (C=O) groups is 2. The first kappa shape index (κ1) is 16.9. The number of carboxylic acid groups (broad SMARTS) is 1. The Morgan fingerprint density at radius 3 is 2.73 bits per heavy atom.